The van der Waals surface area contributed by atoms with Crippen molar-refractivity contribution in [2.24, 2.45) is 5.73 Å². The third kappa shape index (κ3) is 1.92. The number of carbonyl (C=O) groups is 1. The highest BCUT2D eigenvalue weighted by Crippen LogP contribution is 2.33. The van der Waals surface area contributed by atoms with Crippen LogP contribution in [0.15, 0.2) is 0 Å². The van der Waals surface area contributed by atoms with Gasteiger partial charge in [0.25, 0.3) is 5.91 Å². The fourth-order valence-electron chi connectivity index (χ4n) is 1.85. The van der Waals surface area contributed by atoms with Crippen LogP contribution in [0, 0.1) is 0 Å². The van der Waals surface area contributed by atoms with Crippen molar-refractivity contribution in [3.63, 3.8) is 0 Å². The average molecular weight is 211 g/mol. The quantitative estimate of drug-likeness (QED) is 0.809. The van der Waals surface area contributed by atoms with Gasteiger partial charge in [-0.15, -0.1) is 10.2 Å². The first-order valence-corrected chi connectivity index (χ1v) is 5.72. The van der Waals surface area contributed by atoms with Gasteiger partial charge in [-0.3, -0.25) is 4.79 Å². The Hall–Kier alpha value is -0.970. The molecule has 5 heteroatoms. The molecule has 0 spiro atoms. The van der Waals surface area contributed by atoms with Crippen LogP contribution in [0.2, 0.25) is 0 Å². The molecular formula is C9H13N3OS. The lowest BCUT2D eigenvalue weighted by Crippen LogP contribution is -2.10. The van der Waals surface area contributed by atoms with Gasteiger partial charge in [-0.2, -0.15) is 0 Å². The summed E-state index contributed by atoms with van der Waals surface area (Å²) in [5.74, 6) is 0.0407. The lowest BCUT2D eigenvalue weighted by Gasteiger charge is -2.18. The van der Waals surface area contributed by atoms with Gasteiger partial charge < -0.3 is 5.73 Å². The van der Waals surface area contributed by atoms with Crippen LogP contribution in [0.4, 0.5) is 0 Å². The molecule has 1 aliphatic rings. The minimum atomic E-state index is -0.468. The van der Waals surface area contributed by atoms with E-state index in [1.165, 1.54) is 43.4 Å². The summed E-state index contributed by atoms with van der Waals surface area (Å²) in [5, 5.41) is 9.14. The molecule has 1 saturated carbocycles. The molecule has 0 unspecified atom stereocenters. The summed E-state index contributed by atoms with van der Waals surface area (Å²) in [6.45, 7) is 0. The molecule has 1 aromatic heterocycles. The van der Waals surface area contributed by atoms with Gasteiger partial charge in [-0.05, 0) is 12.8 Å². The van der Waals surface area contributed by atoms with E-state index in [4.69, 9.17) is 5.73 Å². The van der Waals surface area contributed by atoms with E-state index in [0.29, 0.717) is 10.9 Å². The van der Waals surface area contributed by atoms with E-state index < -0.39 is 5.91 Å². The standard InChI is InChI=1S/C9H13N3OS/c10-7(13)9-12-11-8(14-9)6-4-2-1-3-5-6/h6H,1-5H2,(H2,10,13). The minimum Gasteiger partial charge on any atom is -0.363 e. The summed E-state index contributed by atoms with van der Waals surface area (Å²) in [4.78, 5) is 10.8. The van der Waals surface area contributed by atoms with Crippen LogP contribution in [-0.2, 0) is 0 Å². The Balaban J connectivity index is 2.11. The number of hydrogen-bond donors (Lipinski definition) is 1. The molecule has 2 rings (SSSR count). The monoisotopic (exact) mass is 211 g/mol. The van der Waals surface area contributed by atoms with Gasteiger partial charge in [-0.1, -0.05) is 30.6 Å². The molecule has 0 aromatic carbocycles. The fraction of sp³-hybridized carbons (Fsp3) is 0.667. The van der Waals surface area contributed by atoms with E-state index in [1.54, 1.807) is 0 Å². The Morgan fingerprint density at radius 1 is 1.29 bits per heavy atom. The van der Waals surface area contributed by atoms with Crippen molar-refractivity contribution in [1.29, 1.82) is 0 Å². The molecule has 0 radical (unpaired) electrons. The molecule has 0 aliphatic heterocycles. The van der Waals surface area contributed by atoms with Gasteiger partial charge >= 0.3 is 0 Å². The first-order valence-electron chi connectivity index (χ1n) is 4.90. The second-order valence-electron chi connectivity index (χ2n) is 3.64. The zero-order valence-corrected chi connectivity index (χ0v) is 8.72. The number of hydrogen-bond acceptors (Lipinski definition) is 4. The largest absolute Gasteiger partial charge is 0.363 e. The fourth-order valence-corrected chi connectivity index (χ4v) is 2.71. The number of primary amides is 1. The SMILES string of the molecule is NC(=O)c1nnc(C2CCCCC2)s1. The van der Waals surface area contributed by atoms with E-state index in [2.05, 4.69) is 10.2 Å². The predicted octanol–water partition coefficient (Wildman–Crippen LogP) is 1.68. The zero-order chi connectivity index (χ0) is 9.97. The van der Waals surface area contributed by atoms with E-state index in [0.717, 1.165) is 5.01 Å². The van der Waals surface area contributed by atoms with Crippen molar-refractivity contribution >= 4 is 17.2 Å². The normalized spacial score (nSPS) is 18.3. The van der Waals surface area contributed by atoms with Crippen LogP contribution >= 0.6 is 11.3 Å². The van der Waals surface area contributed by atoms with Crippen molar-refractivity contribution in [3.8, 4) is 0 Å². The molecule has 76 valence electrons. The maximum atomic E-state index is 10.8. The third-order valence-corrected chi connectivity index (χ3v) is 3.71. The molecule has 0 saturated heterocycles. The van der Waals surface area contributed by atoms with Gasteiger partial charge in [0.15, 0.2) is 0 Å². The van der Waals surface area contributed by atoms with Crippen molar-refractivity contribution in [3.05, 3.63) is 10.0 Å². The predicted molar refractivity (Wildman–Crippen MR) is 54.3 cm³/mol. The molecule has 14 heavy (non-hydrogen) atoms. The average Bonchev–Trinajstić information content (AvgIpc) is 2.68. The first kappa shape index (κ1) is 9.58. The Bertz CT molecular complexity index is 331. The zero-order valence-electron chi connectivity index (χ0n) is 7.90. The van der Waals surface area contributed by atoms with Crippen molar-refractivity contribution in [2.45, 2.75) is 38.0 Å². The Kier molecular flexibility index (Phi) is 2.77. The highest BCUT2D eigenvalue weighted by Gasteiger charge is 2.20. The van der Waals surface area contributed by atoms with E-state index >= 15 is 0 Å². The van der Waals surface area contributed by atoms with E-state index in [1.807, 2.05) is 0 Å². The number of aromatic nitrogens is 2. The summed E-state index contributed by atoms with van der Waals surface area (Å²) in [5.41, 5.74) is 5.13. The van der Waals surface area contributed by atoms with Crippen LogP contribution in [0.1, 0.15) is 52.8 Å². The van der Waals surface area contributed by atoms with E-state index in [-0.39, 0.29) is 0 Å². The maximum absolute atomic E-state index is 10.8. The lowest BCUT2D eigenvalue weighted by molar-refractivity contribution is 0.0999. The Labute approximate surface area is 86.5 Å². The highest BCUT2D eigenvalue weighted by molar-refractivity contribution is 7.13. The van der Waals surface area contributed by atoms with Crippen LogP contribution in [0.5, 0.6) is 0 Å². The number of nitrogens with zero attached hydrogens (tertiary/aromatic N) is 2. The molecule has 2 N–H and O–H groups in total. The molecule has 1 amide bonds. The number of rotatable bonds is 2. The minimum absolute atomic E-state index is 0.338. The molecule has 1 fully saturated rings. The topological polar surface area (TPSA) is 68.9 Å². The van der Waals surface area contributed by atoms with Crippen LogP contribution in [0.25, 0.3) is 0 Å². The van der Waals surface area contributed by atoms with Gasteiger partial charge in [0.05, 0.1) is 0 Å². The summed E-state index contributed by atoms with van der Waals surface area (Å²) in [6.07, 6.45) is 6.19. The van der Waals surface area contributed by atoms with Gasteiger partial charge in [0.1, 0.15) is 5.01 Å². The van der Waals surface area contributed by atoms with Crippen molar-refractivity contribution in [2.75, 3.05) is 0 Å². The molecule has 4 nitrogen and oxygen atoms in total. The summed E-state index contributed by atoms with van der Waals surface area (Å²) >= 11 is 1.35. The summed E-state index contributed by atoms with van der Waals surface area (Å²) in [6, 6.07) is 0. The van der Waals surface area contributed by atoms with Gasteiger partial charge in [0.2, 0.25) is 5.01 Å². The van der Waals surface area contributed by atoms with E-state index in [9.17, 15) is 4.79 Å². The van der Waals surface area contributed by atoms with Crippen molar-refractivity contribution in [1.82, 2.24) is 10.2 Å². The highest BCUT2D eigenvalue weighted by atomic mass is 32.1. The van der Waals surface area contributed by atoms with Crippen molar-refractivity contribution < 1.29 is 4.79 Å². The van der Waals surface area contributed by atoms with Crippen LogP contribution in [-0.4, -0.2) is 16.1 Å². The lowest BCUT2D eigenvalue weighted by atomic mass is 9.90. The first-order chi connectivity index (χ1) is 6.77. The molecular weight excluding hydrogens is 198 g/mol. The maximum Gasteiger partial charge on any atom is 0.279 e. The molecule has 0 atom stereocenters. The summed E-state index contributed by atoms with van der Waals surface area (Å²) < 4.78 is 0. The molecule has 1 heterocycles. The molecule has 1 aliphatic carbocycles. The van der Waals surface area contributed by atoms with Crippen LogP contribution in [0.3, 0.4) is 0 Å². The Morgan fingerprint density at radius 3 is 2.57 bits per heavy atom. The summed E-state index contributed by atoms with van der Waals surface area (Å²) in [7, 11) is 0. The van der Waals surface area contributed by atoms with Gasteiger partial charge in [-0.25, -0.2) is 0 Å². The second kappa shape index (κ2) is 4.04. The third-order valence-electron chi connectivity index (χ3n) is 2.61. The molecule has 0 bridgehead atoms. The van der Waals surface area contributed by atoms with Gasteiger partial charge in [0, 0.05) is 5.92 Å². The Morgan fingerprint density at radius 2 is 2.00 bits per heavy atom. The second-order valence-corrected chi connectivity index (χ2v) is 4.65. The van der Waals surface area contributed by atoms with Crippen LogP contribution < -0.4 is 5.73 Å². The number of nitrogens with two attached hydrogens (primary N) is 1. The molecule has 1 aromatic rings. The number of carbonyl (C=O) groups excluding carboxylic acids is 1. The smallest absolute Gasteiger partial charge is 0.279 e. The number of amides is 1.